The van der Waals surface area contributed by atoms with E-state index in [1.54, 1.807) is 0 Å². The first-order valence-corrected chi connectivity index (χ1v) is 14.2. The molecule has 2 N–H and O–H groups in total. The summed E-state index contributed by atoms with van der Waals surface area (Å²) in [7, 11) is 0. The molecule has 196 valence electrons. The molecule has 0 aliphatic carbocycles. The van der Waals surface area contributed by atoms with Crippen LogP contribution in [0.1, 0.15) is 79.0 Å². The van der Waals surface area contributed by atoms with Crippen molar-refractivity contribution in [3.8, 4) is 0 Å². The maximum atomic E-state index is 5.73. The molecule has 3 aromatic rings. The highest BCUT2D eigenvalue weighted by Gasteiger charge is 2.33. The van der Waals surface area contributed by atoms with Gasteiger partial charge in [-0.3, -0.25) is 4.90 Å². The number of nitrogens with one attached hydrogen (secondary N) is 2. The fourth-order valence-corrected chi connectivity index (χ4v) is 5.60. The number of thiocarbonyl (C=S) groups is 1. The molecule has 0 bridgehead atoms. The third-order valence-electron chi connectivity index (χ3n) is 7.70. The van der Waals surface area contributed by atoms with Crippen molar-refractivity contribution in [2.45, 2.75) is 59.0 Å². The van der Waals surface area contributed by atoms with Gasteiger partial charge in [0, 0.05) is 25.3 Å². The summed E-state index contributed by atoms with van der Waals surface area (Å²) in [6, 6.07) is 27.0. The number of hydrogen-bond donors (Lipinski definition) is 2. The second-order valence-electron chi connectivity index (χ2n) is 11.4. The molecule has 38 heavy (non-hydrogen) atoms. The first-order chi connectivity index (χ1) is 18.3. The van der Waals surface area contributed by atoms with Crippen LogP contribution in [-0.2, 0) is 6.54 Å². The van der Waals surface area contributed by atoms with E-state index >= 15 is 0 Å². The molecular formula is C34H39N3S. The van der Waals surface area contributed by atoms with Gasteiger partial charge in [-0.05, 0) is 76.0 Å². The summed E-state index contributed by atoms with van der Waals surface area (Å²) in [5.41, 5.74) is 11.6. The van der Waals surface area contributed by atoms with Crippen molar-refractivity contribution in [1.29, 1.82) is 0 Å². The molecule has 4 heteroatoms. The van der Waals surface area contributed by atoms with Gasteiger partial charge in [0.25, 0.3) is 0 Å². The van der Waals surface area contributed by atoms with Crippen LogP contribution in [0.5, 0.6) is 0 Å². The van der Waals surface area contributed by atoms with Gasteiger partial charge < -0.3 is 10.6 Å². The first-order valence-electron chi connectivity index (χ1n) is 13.8. The summed E-state index contributed by atoms with van der Waals surface area (Å²) in [6.07, 6.45) is 2.33. The average molecular weight is 522 g/mol. The van der Waals surface area contributed by atoms with Crippen molar-refractivity contribution in [2.24, 2.45) is 0 Å². The Hall–Kier alpha value is -3.21. The number of hydrogen-bond acceptors (Lipinski definition) is 2. The minimum absolute atomic E-state index is 0.0486. The monoisotopic (exact) mass is 521 g/mol. The summed E-state index contributed by atoms with van der Waals surface area (Å²) in [5, 5.41) is 7.82. The van der Waals surface area contributed by atoms with Crippen LogP contribution in [0, 0.1) is 6.92 Å². The Morgan fingerprint density at radius 3 is 2.05 bits per heavy atom. The highest BCUT2D eigenvalue weighted by Crippen LogP contribution is 2.35. The Morgan fingerprint density at radius 1 is 0.842 bits per heavy atom. The van der Waals surface area contributed by atoms with Gasteiger partial charge in [0.05, 0.1) is 6.04 Å². The predicted octanol–water partition coefficient (Wildman–Crippen LogP) is 7.61. The zero-order chi connectivity index (χ0) is 26.8. The average Bonchev–Trinajstić information content (AvgIpc) is 2.90. The predicted molar refractivity (Wildman–Crippen MR) is 164 cm³/mol. The van der Waals surface area contributed by atoms with Crippen LogP contribution in [0.3, 0.4) is 0 Å². The second kappa shape index (κ2) is 11.3. The maximum Gasteiger partial charge on any atom is 0.171 e. The largest absolute Gasteiger partial charge is 0.352 e. The number of aryl methyl sites for hydroxylation is 1. The lowest BCUT2D eigenvalue weighted by molar-refractivity contribution is 0.292. The fourth-order valence-electron chi connectivity index (χ4n) is 5.38. The van der Waals surface area contributed by atoms with Gasteiger partial charge in [-0.1, -0.05) is 106 Å². The lowest BCUT2D eigenvalue weighted by Crippen LogP contribution is -2.49. The van der Waals surface area contributed by atoms with E-state index in [0.717, 1.165) is 19.6 Å². The van der Waals surface area contributed by atoms with E-state index in [0.29, 0.717) is 16.9 Å². The van der Waals surface area contributed by atoms with E-state index in [1.165, 1.54) is 50.2 Å². The molecule has 0 saturated heterocycles. The van der Waals surface area contributed by atoms with Gasteiger partial charge in [-0.25, -0.2) is 0 Å². The number of rotatable bonds is 6. The summed E-state index contributed by atoms with van der Waals surface area (Å²) >= 11 is 5.73. The van der Waals surface area contributed by atoms with Gasteiger partial charge >= 0.3 is 0 Å². The first kappa shape index (κ1) is 26.4. The van der Waals surface area contributed by atoms with E-state index in [-0.39, 0.29) is 6.04 Å². The Balaban J connectivity index is 1.54. The standard InChI is InChI=1S/C34H39N3S/c1-22(2)27-12-10-25(11-13-27)18-30-20-37(19-26-8-6-24(5)7-9-26)21-31-32(35-34(38)36-33(30)31)29-16-14-28(15-17-29)23(3)4/h6-18,22-23,32H,19-21H2,1-5H3,(H2,35,36,38)/b30-18+. The van der Waals surface area contributed by atoms with Crippen molar-refractivity contribution in [2.75, 3.05) is 13.1 Å². The van der Waals surface area contributed by atoms with E-state index in [2.05, 4.69) is 129 Å². The third kappa shape index (κ3) is 5.92. The van der Waals surface area contributed by atoms with Crippen molar-refractivity contribution >= 4 is 23.4 Å². The maximum absolute atomic E-state index is 5.73. The van der Waals surface area contributed by atoms with E-state index < -0.39 is 0 Å². The minimum Gasteiger partial charge on any atom is -0.352 e. The van der Waals surface area contributed by atoms with Gasteiger partial charge in [0.2, 0.25) is 0 Å². The Labute approximate surface area is 233 Å². The van der Waals surface area contributed by atoms with Crippen LogP contribution in [-0.4, -0.2) is 23.1 Å². The number of nitrogens with zero attached hydrogens (tertiary/aromatic N) is 1. The third-order valence-corrected chi connectivity index (χ3v) is 7.92. The van der Waals surface area contributed by atoms with Crippen LogP contribution in [0.4, 0.5) is 0 Å². The molecule has 0 spiro atoms. The lowest BCUT2D eigenvalue weighted by atomic mass is 9.88. The molecule has 2 heterocycles. The van der Waals surface area contributed by atoms with E-state index in [4.69, 9.17) is 12.2 Å². The molecule has 3 aromatic carbocycles. The molecule has 0 fully saturated rings. The quantitative estimate of drug-likeness (QED) is 0.326. The van der Waals surface area contributed by atoms with Gasteiger partial charge in [-0.2, -0.15) is 0 Å². The Kier molecular flexibility index (Phi) is 7.83. The molecule has 3 nitrogen and oxygen atoms in total. The van der Waals surface area contributed by atoms with Crippen LogP contribution in [0.2, 0.25) is 0 Å². The number of benzene rings is 3. The van der Waals surface area contributed by atoms with E-state index in [1.807, 2.05) is 0 Å². The molecule has 0 amide bonds. The molecule has 1 unspecified atom stereocenters. The molecule has 0 saturated carbocycles. The topological polar surface area (TPSA) is 27.3 Å². The zero-order valence-electron chi connectivity index (χ0n) is 23.2. The lowest BCUT2D eigenvalue weighted by Gasteiger charge is -2.40. The minimum atomic E-state index is 0.0486. The van der Waals surface area contributed by atoms with Crippen molar-refractivity contribution < 1.29 is 0 Å². The highest BCUT2D eigenvalue weighted by atomic mass is 32.1. The van der Waals surface area contributed by atoms with Crippen LogP contribution in [0.25, 0.3) is 6.08 Å². The molecular weight excluding hydrogens is 482 g/mol. The molecule has 5 rings (SSSR count). The molecule has 0 radical (unpaired) electrons. The molecule has 0 aromatic heterocycles. The van der Waals surface area contributed by atoms with Crippen LogP contribution >= 0.6 is 12.2 Å². The summed E-state index contributed by atoms with van der Waals surface area (Å²) < 4.78 is 0. The van der Waals surface area contributed by atoms with E-state index in [9.17, 15) is 0 Å². The van der Waals surface area contributed by atoms with Crippen molar-refractivity contribution in [3.05, 3.63) is 123 Å². The van der Waals surface area contributed by atoms with Crippen LogP contribution in [0.15, 0.2) is 89.6 Å². The summed E-state index contributed by atoms with van der Waals surface area (Å²) in [6.45, 7) is 13.8. The van der Waals surface area contributed by atoms with Gasteiger partial charge in [0.15, 0.2) is 5.11 Å². The Morgan fingerprint density at radius 2 is 1.45 bits per heavy atom. The SMILES string of the molecule is Cc1ccc(CN2CC3=C(NC(=S)NC3c3ccc(C(C)C)cc3)/C(=C/c3ccc(C(C)C)cc3)C2)cc1. The molecule has 2 aliphatic heterocycles. The smallest absolute Gasteiger partial charge is 0.171 e. The summed E-state index contributed by atoms with van der Waals surface area (Å²) in [4.78, 5) is 2.55. The van der Waals surface area contributed by atoms with Crippen molar-refractivity contribution in [1.82, 2.24) is 15.5 Å². The second-order valence-corrected chi connectivity index (χ2v) is 11.8. The highest BCUT2D eigenvalue weighted by molar-refractivity contribution is 7.80. The fraction of sp³-hybridized carbons (Fsp3) is 0.324. The summed E-state index contributed by atoms with van der Waals surface area (Å²) in [5.74, 6) is 1.04. The molecule has 1 atom stereocenters. The van der Waals surface area contributed by atoms with Crippen LogP contribution < -0.4 is 10.6 Å². The normalized spacial score (nSPS) is 19.1. The van der Waals surface area contributed by atoms with Gasteiger partial charge in [0.1, 0.15) is 0 Å². The zero-order valence-corrected chi connectivity index (χ0v) is 24.0. The van der Waals surface area contributed by atoms with Gasteiger partial charge in [-0.15, -0.1) is 0 Å². The Bertz CT molecular complexity index is 1350. The van der Waals surface area contributed by atoms with Crippen molar-refractivity contribution in [3.63, 3.8) is 0 Å². The molecule has 2 aliphatic rings.